The van der Waals surface area contributed by atoms with E-state index < -0.39 is 11.9 Å². The molecule has 2 aromatic rings. The summed E-state index contributed by atoms with van der Waals surface area (Å²) in [6.07, 6.45) is 4.31. The number of aryl methyl sites for hydroxylation is 1. The molecule has 4 rings (SSSR count). The van der Waals surface area contributed by atoms with Crippen molar-refractivity contribution in [1.29, 1.82) is 0 Å². The second-order valence-electron chi connectivity index (χ2n) is 7.13. The minimum Gasteiger partial charge on any atom is -0.481 e. The van der Waals surface area contributed by atoms with E-state index in [2.05, 4.69) is 36.3 Å². The fourth-order valence-electron chi connectivity index (χ4n) is 3.99. The van der Waals surface area contributed by atoms with E-state index in [0.29, 0.717) is 18.7 Å². The van der Waals surface area contributed by atoms with E-state index in [0.717, 1.165) is 42.6 Å². The maximum absolute atomic E-state index is 13.0. The van der Waals surface area contributed by atoms with Gasteiger partial charge >= 0.3 is 5.97 Å². The summed E-state index contributed by atoms with van der Waals surface area (Å²) < 4.78 is 1.90. The Kier molecular flexibility index (Phi) is 4.26. The second kappa shape index (κ2) is 6.59. The highest BCUT2D eigenvalue weighted by molar-refractivity contribution is 5.95. The largest absolute Gasteiger partial charge is 0.481 e. The first-order chi connectivity index (χ1) is 12.6. The van der Waals surface area contributed by atoms with Gasteiger partial charge in [0.15, 0.2) is 5.69 Å². The van der Waals surface area contributed by atoms with Gasteiger partial charge in [-0.25, -0.2) is 4.68 Å². The van der Waals surface area contributed by atoms with Crippen molar-refractivity contribution in [3.8, 4) is 5.69 Å². The van der Waals surface area contributed by atoms with Crippen molar-refractivity contribution < 1.29 is 14.7 Å². The average molecular weight is 353 g/mol. The van der Waals surface area contributed by atoms with Crippen molar-refractivity contribution in [2.45, 2.75) is 39.0 Å². The van der Waals surface area contributed by atoms with Gasteiger partial charge in [-0.05, 0) is 49.8 Å². The van der Waals surface area contributed by atoms with E-state index in [1.807, 2.05) is 4.68 Å². The van der Waals surface area contributed by atoms with Gasteiger partial charge in [0.1, 0.15) is 0 Å². The third-order valence-corrected chi connectivity index (χ3v) is 5.55. The summed E-state index contributed by atoms with van der Waals surface area (Å²) in [4.78, 5) is 25.8. The number of carboxylic acids is 1. The molecule has 1 aromatic carbocycles. The van der Waals surface area contributed by atoms with Crippen LogP contribution in [0.25, 0.3) is 5.69 Å². The Balaban J connectivity index is 1.65. The van der Waals surface area contributed by atoms with Crippen molar-refractivity contribution >= 4 is 11.9 Å². The molecule has 1 unspecified atom stereocenters. The van der Waals surface area contributed by atoms with Crippen molar-refractivity contribution in [1.82, 2.24) is 14.7 Å². The van der Waals surface area contributed by atoms with Crippen LogP contribution >= 0.6 is 0 Å². The lowest BCUT2D eigenvalue weighted by molar-refractivity contribution is -0.141. The number of carboxylic acid groups (broad SMARTS) is 1. The summed E-state index contributed by atoms with van der Waals surface area (Å²) in [5.74, 6) is -1.42. The third-order valence-electron chi connectivity index (χ3n) is 5.55. The molecule has 1 aliphatic heterocycles. The molecule has 136 valence electrons. The molecule has 2 heterocycles. The zero-order chi connectivity index (χ0) is 18.3. The first-order valence-electron chi connectivity index (χ1n) is 9.30. The summed E-state index contributed by atoms with van der Waals surface area (Å²) in [5, 5.41) is 13.8. The van der Waals surface area contributed by atoms with E-state index >= 15 is 0 Å². The van der Waals surface area contributed by atoms with Gasteiger partial charge in [0, 0.05) is 24.3 Å². The minimum absolute atomic E-state index is 0.129. The summed E-state index contributed by atoms with van der Waals surface area (Å²) in [7, 11) is 0. The summed E-state index contributed by atoms with van der Waals surface area (Å²) >= 11 is 0. The molecule has 0 radical (unpaired) electrons. The Bertz CT molecular complexity index is 854. The lowest BCUT2D eigenvalue weighted by atomic mass is 10.1. The zero-order valence-corrected chi connectivity index (χ0v) is 14.9. The summed E-state index contributed by atoms with van der Waals surface area (Å²) in [6, 6.07) is 8.29. The molecule has 1 amide bonds. The van der Waals surface area contributed by atoms with Crippen molar-refractivity contribution in [3.63, 3.8) is 0 Å². The van der Waals surface area contributed by atoms with Gasteiger partial charge in [0.05, 0.1) is 11.6 Å². The molecule has 1 saturated heterocycles. The number of hydrogen-bond acceptors (Lipinski definition) is 3. The van der Waals surface area contributed by atoms with Crippen LogP contribution in [0.15, 0.2) is 24.3 Å². The van der Waals surface area contributed by atoms with E-state index in [9.17, 15) is 14.7 Å². The van der Waals surface area contributed by atoms with Gasteiger partial charge in [-0.1, -0.05) is 19.1 Å². The van der Waals surface area contributed by atoms with Crippen molar-refractivity contribution in [2.75, 3.05) is 13.1 Å². The van der Waals surface area contributed by atoms with Crippen LogP contribution in [-0.4, -0.2) is 44.8 Å². The molecule has 26 heavy (non-hydrogen) atoms. The molecule has 0 spiro atoms. The number of rotatable bonds is 4. The Morgan fingerprint density at radius 1 is 1.23 bits per heavy atom. The second-order valence-corrected chi connectivity index (χ2v) is 7.13. The van der Waals surface area contributed by atoms with Crippen LogP contribution in [0.1, 0.15) is 47.1 Å². The number of aromatic nitrogens is 2. The lowest BCUT2D eigenvalue weighted by Gasteiger charge is -2.14. The van der Waals surface area contributed by atoms with Crippen LogP contribution in [0.4, 0.5) is 0 Å². The normalized spacial score (nSPS) is 19.0. The molecule has 1 N–H and O–H groups in total. The third kappa shape index (κ3) is 2.79. The van der Waals surface area contributed by atoms with E-state index in [1.54, 1.807) is 4.90 Å². The number of likely N-dealkylation sites (tertiary alicyclic amines) is 1. The zero-order valence-electron chi connectivity index (χ0n) is 14.9. The molecule has 1 atom stereocenters. The Morgan fingerprint density at radius 2 is 2.00 bits per heavy atom. The van der Waals surface area contributed by atoms with Crippen LogP contribution in [0.3, 0.4) is 0 Å². The molecule has 1 aromatic heterocycles. The quantitative estimate of drug-likeness (QED) is 0.916. The molecule has 1 fully saturated rings. The number of nitrogens with zero attached hydrogens (tertiary/aromatic N) is 3. The molecule has 1 aliphatic carbocycles. The maximum atomic E-state index is 13.0. The van der Waals surface area contributed by atoms with E-state index in [-0.39, 0.29) is 12.5 Å². The molecule has 6 nitrogen and oxygen atoms in total. The number of carbonyl (C=O) groups is 2. The average Bonchev–Trinajstić information content (AvgIpc) is 3.37. The van der Waals surface area contributed by atoms with Gasteiger partial charge in [0.2, 0.25) is 0 Å². The Morgan fingerprint density at radius 3 is 2.65 bits per heavy atom. The van der Waals surface area contributed by atoms with Gasteiger partial charge in [-0.3, -0.25) is 9.59 Å². The molecule has 0 bridgehead atoms. The Labute approximate surface area is 152 Å². The molecular formula is C20H23N3O3. The smallest absolute Gasteiger partial charge is 0.308 e. The predicted octanol–water partition coefficient (Wildman–Crippen LogP) is 2.47. The summed E-state index contributed by atoms with van der Waals surface area (Å²) in [5.41, 5.74) is 4.90. The summed E-state index contributed by atoms with van der Waals surface area (Å²) in [6.45, 7) is 2.89. The number of fused-ring (bicyclic) bond motifs is 1. The highest BCUT2D eigenvalue weighted by atomic mass is 16.4. The van der Waals surface area contributed by atoms with Crippen LogP contribution in [0.2, 0.25) is 0 Å². The highest BCUT2D eigenvalue weighted by Crippen LogP contribution is 2.30. The SMILES string of the molecule is CCc1ccc(-n2nc(C(=O)N3CCC(C(=O)O)C3)c3c2CCC3)cc1. The number of carbonyl (C=O) groups excluding carboxylic acids is 1. The standard InChI is InChI=1S/C20H23N3O3/c1-2-13-6-8-15(9-7-13)23-17-5-3-4-16(17)18(21-23)19(24)22-11-10-14(12-22)20(25)26/h6-9,14H,2-5,10-12H2,1H3,(H,25,26). The van der Waals surface area contributed by atoms with Crippen LogP contribution in [0, 0.1) is 5.92 Å². The maximum Gasteiger partial charge on any atom is 0.308 e. The first-order valence-corrected chi connectivity index (χ1v) is 9.30. The number of aliphatic carboxylic acids is 1. The van der Waals surface area contributed by atoms with Gasteiger partial charge in [0.25, 0.3) is 5.91 Å². The lowest BCUT2D eigenvalue weighted by Crippen LogP contribution is -2.31. The molecule has 0 saturated carbocycles. The molecule has 6 heteroatoms. The van der Waals surface area contributed by atoms with Crippen molar-refractivity contribution in [3.05, 3.63) is 46.8 Å². The monoisotopic (exact) mass is 353 g/mol. The topological polar surface area (TPSA) is 75.4 Å². The first kappa shape index (κ1) is 16.8. The van der Waals surface area contributed by atoms with Gasteiger partial charge < -0.3 is 10.0 Å². The predicted molar refractivity (Wildman–Crippen MR) is 96.6 cm³/mol. The molecular weight excluding hydrogens is 330 g/mol. The van der Waals surface area contributed by atoms with Crippen LogP contribution in [-0.2, 0) is 24.1 Å². The highest BCUT2D eigenvalue weighted by Gasteiger charge is 2.35. The van der Waals surface area contributed by atoms with Gasteiger partial charge in [-0.15, -0.1) is 0 Å². The molecule has 2 aliphatic rings. The van der Waals surface area contributed by atoms with Crippen LogP contribution < -0.4 is 0 Å². The van der Waals surface area contributed by atoms with Gasteiger partial charge in [-0.2, -0.15) is 5.10 Å². The minimum atomic E-state index is -0.827. The van der Waals surface area contributed by atoms with Crippen molar-refractivity contribution in [2.24, 2.45) is 5.92 Å². The van der Waals surface area contributed by atoms with Crippen LogP contribution in [0.5, 0.6) is 0 Å². The van der Waals surface area contributed by atoms with E-state index in [4.69, 9.17) is 0 Å². The fraction of sp³-hybridized carbons (Fsp3) is 0.450. The Hall–Kier alpha value is -2.63. The number of benzene rings is 1. The fourth-order valence-corrected chi connectivity index (χ4v) is 3.99. The number of hydrogen-bond donors (Lipinski definition) is 1. The number of amides is 1. The van der Waals surface area contributed by atoms with E-state index in [1.165, 1.54) is 5.56 Å².